The van der Waals surface area contributed by atoms with E-state index in [1.165, 1.54) is 0 Å². The van der Waals surface area contributed by atoms with E-state index in [4.69, 9.17) is 4.74 Å². The summed E-state index contributed by atoms with van der Waals surface area (Å²) in [6, 6.07) is 7.13. The fraction of sp³-hybridized carbons (Fsp3) is 0.654. The topological polar surface area (TPSA) is 99.2 Å². The monoisotopic (exact) mass is 503 g/mol. The van der Waals surface area contributed by atoms with E-state index in [2.05, 4.69) is 24.1 Å². The third-order valence-corrected chi connectivity index (χ3v) is 9.63. The molecular weight excluding hydrogens is 466 g/mol. The van der Waals surface area contributed by atoms with Gasteiger partial charge in [0.15, 0.2) is 0 Å². The van der Waals surface area contributed by atoms with Gasteiger partial charge >= 0.3 is 5.97 Å². The third-order valence-electron chi connectivity index (χ3n) is 7.68. The summed E-state index contributed by atoms with van der Waals surface area (Å²) in [6.07, 6.45) is 2.68. The first kappa shape index (κ1) is 25.8. The molecule has 3 aliphatic rings. The molecule has 5 atom stereocenters. The van der Waals surface area contributed by atoms with Crippen LogP contribution in [0.25, 0.3) is 0 Å². The summed E-state index contributed by atoms with van der Waals surface area (Å²) < 4.78 is 4.72. The molecule has 3 fully saturated rings. The van der Waals surface area contributed by atoms with E-state index in [0.29, 0.717) is 25.1 Å². The molecule has 9 heteroatoms. The van der Waals surface area contributed by atoms with Gasteiger partial charge in [-0.25, -0.2) is 0 Å². The average Bonchev–Trinajstić information content (AvgIpc) is 3.49. The molecule has 2 amide bonds. The summed E-state index contributed by atoms with van der Waals surface area (Å²) >= 11 is 1.64. The summed E-state index contributed by atoms with van der Waals surface area (Å²) in [4.78, 5) is 44.2. The van der Waals surface area contributed by atoms with E-state index in [-0.39, 0.29) is 36.2 Å². The van der Waals surface area contributed by atoms with Crippen molar-refractivity contribution in [3.8, 4) is 0 Å². The second-order valence-electron chi connectivity index (χ2n) is 9.48. The van der Waals surface area contributed by atoms with Crippen LogP contribution in [0.1, 0.15) is 46.5 Å². The summed E-state index contributed by atoms with van der Waals surface area (Å²) in [5.74, 6) is -1.72. The molecule has 2 N–H and O–H groups in total. The standard InChI is InChI=1S/C26H37N3O5S/c1-4-28(5-2)18-11-9-17(10-12-18)27-23(31)22-26-14-13-19(35-26)20(25(33)34-6-3)21(26)24(32)29(22)15-7-8-16-30/h9-12,19-22,30H,4-8,13-16H2,1-3H3,(H,27,31)/t19-,20+,21+,22?,26?/m1/s1. The van der Waals surface area contributed by atoms with E-state index >= 15 is 0 Å². The van der Waals surface area contributed by atoms with E-state index < -0.39 is 22.6 Å². The van der Waals surface area contributed by atoms with Gasteiger partial charge in [0.2, 0.25) is 11.8 Å². The van der Waals surface area contributed by atoms with Crippen molar-refractivity contribution >= 4 is 40.9 Å². The number of hydrogen-bond acceptors (Lipinski definition) is 7. The van der Waals surface area contributed by atoms with Gasteiger partial charge < -0.3 is 25.0 Å². The molecule has 0 saturated carbocycles. The van der Waals surface area contributed by atoms with Crippen LogP contribution in [0.5, 0.6) is 0 Å². The number of anilines is 2. The number of hydrogen-bond donors (Lipinski definition) is 2. The number of carbonyl (C=O) groups is 3. The molecule has 1 aromatic rings. The van der Waals surface area contributed by atoms with Gasteiger partial charge in [-0.2, -0.15) is 0 Å². The number of nitrogens with zero attached hydrogens (tertiary/aromatic N) is 2. The van der Waals surface area contributed by atoms with Crippen molar-refractivity contribution in [2.24, 2.45) is 11.8 Å². The van der Waals surface area contributed by atoms with Gasteiger partial charge in [-0.05, 0) is 70.7 Å². The van der Waals surface area contributed by atoms with Gasteiger partial charge in [-0.15, -0.1) is 11.8 Å². The van der Waals surface area contributed by atoms with Crippen LogP contribution in [0, 0.1) is 11.8 Å². The lowest BCUT2D eigenvalue weighted by molar-refractivity contribution is -0.153. The smallest absolute Gasteiger partial charge is 0.310 e. The second-order valence-corrected chi connectivity index (χ2v) is 11.1. The number of aliphatic hydroxyl groups is 1. The first-order valence-electron chi connectivity index (χ1n) is 12.8. The number of likely N-dealkylation sites (tertiary alicyclic amines) is 1. The zero-order chi connectivity index (χ0) is 25.2. The van der Waals surface area contributed by atoms with Crippen molar-refractivity contribution in [3.05, 3.63) is 24.3 Å². The molecule has 8 nitrogen and oxygen atoms in total. The molecule has 0 aliphatic carbocycles. The third kappa shape index (κ3) is 4.53. The maximum Gasteiger partial charge on any atom is 0.310 e. The number of benzene rings is 1. The lowest BCUT2D eigenvalue weighted by Gasteiger charge is -2.34. The van der Waals surface area contributed by atoms with Gasteiger partial charge in [0, 0.05) is 42.9 Å². The fourth-order valence-corrected chi connectivity index (χ4v) is 8.36. The Balaban J connectivity index is 1.60. The lowest BCUT2D eigenvalue weighted by atomic mass is 9.71. The van der Waals surface area contributed by atoms with Crippen LogP contribution in [-0.2, 0) is 19.1 Å². The number of rotatable bonds is 11. The number of esters is 1. The fourth-order valence-electron chi connectivity index (χ4n) is 6.15. The van der Waals surface area contributed by atoms with Crippen LogP contribution in [0.4, 0.5) is 11.4 Å². The van der Waals surface area contributed by atoms with Gasteiger partial charge in [-0.1, -0.05) is 0 Å². The van der Waals surface area contributed by atoms with Gasteiger partial charge in [0.25, 0.3) is 0 Å². The Morgan fingerprint density at radius 3 is 2.54 bits per heavy atom. The van der Waals surface area contributed by atoms with E-state index in [0.717, 1.165) is 31.6 Å². The molecule has 3 aliphatic heterocycles. The van der Waals surface area contributed by atoms with Crippen molar-refractivity contribution in [1.82, 2.24) is 4.90 Å². The zero-order valence-electron chi connectivity index (χ0n) is 20.9. The largest absolute Gasteiger partial charge is 0.466 e. The molecule has 0 radical (unpaired) electrons. The molecule has 4 rings (SSSR count). The summed E-state index contributed by atoms with van der Waals surface area (Å²) in [5.41, 5.74) is 1.78. The Kier molecular flexibility index (Phi) is 7.96. The molecule has 2 bridgehead atoms. The molecule has 3 saturated heterocycles. The SMILES string of the molecule is CCOC(=O)[C@@H]1[C@H]2C(=O)N(CCCCO)C(C(=O)Nc3ccc(N(CC)CC)cc3)C23CC[C@H]1S3. The maximum atomic E-state index is 13.8. The minimum atomic E-state index is -0.657. The van der Waals surface area contributed by atoms with Crippen LogP contribution in [0.2, 0.25) is 0 Å². The lowest BCUT2D eigenvalue weighted by Crippen LogP contribution is -2.51. The Bertz CT molecular complexity index is 937. The molecule has 0 aromatic heterocycles. The number of aliphatic hydroxyl groups excluding tert-OH is 1. The Hall–Kier alpha value is -2.26. The molecule has 192 valence electrons. The predicted octanol–water partition coefficient (Wildman–Crippen LogP) is 2.90. The minimum Gasteiger partial charge on any atom is -0.466 e. The highest BCUT2D eigenvalue weighted by Crippen LogP contribution is 2.66. The summed E-state index contributed by atoms with van der Waals surface area (Å²) in [7, 11) is 0. The van der Waals surface area contributed by atoms with Crippen molar-refractivity contribution in [2.45, 2.75) is 62.5 Å². The maximum absolute atomic E-state index is 13.8. The van der Waals surface area contributed by atoms with Crippen LogP contribution >= 0.6 is 11.8 Å². The van der Waals surface area contributed by atoms with Crippen molar-refractivity contribution in [3.63, 3.8) is 0 Å². The number of ether oxygens (including phenoxy) is 1. The summed E-state index contributed by atoms with van der Waals surface area (Å²) in [5, 5.41) is 12.3. The van der Waals surface area contributed by atoms with Gasteiger partial charge in [-0.3, -0.25) is 14.4 Å². The number of fused-ring (bicyclic) bond motifs is 1. The number of thioether (sulfide) groups is 1. The normalized spacial score (nSPS) is 28.8. The Morgan fingerprint density at radius 1 is 1.20 bits per heavy atom. The van der Waals surface area contributed by atoms with Crippen LogP contribution in [0.3, 0.4) is 0 Å². The number of nitrogens with one attached hydrogen (secondary N) is 1. The molecule has 1 aromatic carbocycles. The summed E-state index contributed by atoms with van der Waals surface area (Å²) in [6.45, 7) is 8.48. The van der Waals surface area contributed by atoms with Gasteiger partial charge in [0.1, 0.15) is 6.04 Å². The zero-order valence-corrected chi connectivity index (χ0v) is 21.7. The highest BCUT2D eigenvalue weighted by molar-refractivity contribution is 8.02. The Labute approximate surface area is 211 Å². The van der Waals surface area contributed by atoms with Crippen LogP contribution in [-0.4, -0.2) is 76.7 Å². The van der Waals surface area contributed by atoms with E-state index in [1.807, 2.05) is 24.3 Å². The first-order chi connectivity index (χ1) is 16.9. The molecule has 35 heavy (non-hydrogen) atoms. The molecule has 1 spiro atoms. The molecule has 3 heterocycles. The van der Waals surface area contributed by atoms with Gasteiger partial charge in [0.05, 0.1) is 23.2 Å². The van der Waals surface area contributed by atoms with E-state index in [9.17, 15) is 19.5 Å². The average molecular weight is 504 g/mol. The van der Waals surface area contributed by atoms with Crippen molar-refractivity contribution in [2.75, 3.05) is 43.1 Å². The highest BCUT2D eigenvalue weighted by atomic mass is 32.2. The number of carbonyl (C=O) groups excluding carboxylic acids is 3. The van der Waals surface area contributed by atoms with Crippen LogP contribution in [0.15, 0.2) is 24.3 Å². The number of unbranched alkanes of at least 4 members (excludes halogenated alkanes) is 1. The first-order valence-corrected chi connectivity index (χ1v) is 13.7. The molecular formula is C26H37N3O5S. The van der Waals surface area contributed by atoms with E-state index in [1.54, 1.807) is 23.6 Å². The van der Waals surface area contributed by atoms with Crippen molar-refractivity contribution in [1.29, 1.82) is 0 Å². The highest BCUT2D eigenvalue weighted by Gasteiger charge is 2.73. The van der Waals surface area contributed by atoms with Crippen molar-refractivity contribution < 1.29 is 24.2 Å². The quantitative estimate of drug-likeness (QED) is 0.354. The second kappa shape index (κ2) is 10.8. The Morgan fingerprint density at radius 2 is 1.91 bits per heavy atom. The molecule has 2 unspecified atom stereocenters. The number of amides is 2. The minimum absolute atomic E-state index is 0.00578. The van der Waals surface area contributed by atoms with Crippen LogP contribution < -0.4 is 10.2 Å². The predicted molar refractivity (Wildman–Crippen MR) is 137 cm³/mol.